The minimum Gasteiger partial charge on any atom is -0.356 e. The maximum Gasteiger partial charge on any atom is 0.236 e. The number of carbonyl (C=O) groups excluding carboxylic acids is 1. The number of nitrogens with zero attached hydrogens (tertiary/aromatic N) is 2. The van der Waals surface area contributed by atoms with Crippen LogP contribution in [0.4, 0.5) is 0 Å². The predicted octanol–water partition coefficient (Wildman–Crippen LogP) is 3.08. The molecule has 1 amide bonds. The van der Waals surface area contributed by atoms with Crippen LogP contribution >= 0.6 is 0 Å². The van der Waals surface area contributed by atoms with Crippen molar-refractivity contribution in [2.45, 2.75) is 44.9 Å². The van der Waals surface area contributed by atoms with Gasteiger partial charge in [-0.05, 0) is 63.4 Å². The van der Waals surface area contributed by atoms with Crippen LogP contribution in [0.3, 0.4) is 0 Å². The third-order valence-electron chi connectivity index (χ3n) is 6.07. The molecule has 2 heterocycles. The average molecular weight is 434 g/mol. The van der Waals surface area contributed by atoms with Crippen molar-refractivity contribution in [3.63, 3.8) is 0 Å². The lowest BCUT2D eigenvalue weighted by Crippen LogP contribution is -2.42. The zero-order valence-corrected chi connectivity index (χ0v) is 18.7. The van der Waals surface area contributed by atoms with E-state index in [4.69, 9.17) is 0 Å². The number of carbonyl (C=O) groups is 1. The first kappa shape index (κ1) is 23.0. The molecule has 0 radical (unpaired) electrons. The van der Waals surface area contributed by atoms with Gasteiger partial charge in [0.25, 0.3) is 0 Å². The van der Waals surface area contributed by atoms with Crippen LogP contribution in [0.2, 0.25) is 0 Å². The van der Waals surface area contributed by atoms with E-state index >= 15 is 0 Å². The molecule has 0 aliphatic carbocycles. The number of rotatable bonds is 8. The van der Waals surface area contributed by atoms with Crippen molar-refractivity contribution >= 4 is 22.0 Å². The van der Waals surface area contributed by atoms with Crippen molar-refractivity contribution in [2.75, 3.05) is 39.3 Å². The van der Waals surface area contributed by atoms with Gasteiger partial charge >= 0.3 is 0 Å². The standard InChI is InChI=1S/C23H35N3O3S/c27-23(24-14-8-17-25-15-6-1-2-7-16-25)22-11-18-26(19-12-22)30(28,29)20-13-21-9-4-3-5-10-21/h3-5,9-10,13,20,22H,1-2,6-8,11-12,14-19H2,(H,24,27)/b20-13+. The second kappa shape index (κ2) is 11.6. The minimum absolute atomic E-state index is 0.0720. The van der Waals surface area contributed by atoms with Gasteiger partial charge in [0.15, 0.2) is 0 Å². The molecule has 30 heavy (non-hydrogen) atoms. The summed E-state index contributed by atoms with van der Waals surface area (Å²) in [4.78, 5) is 15.0. The Balaban J connectivity index is 1.37. The third-order valence-corrected chi connectivity index (χ3v) is 7.63. The molecule has 7 heteroatoms. The highest BCUT2D eigenvalue weighted by atomic mass is 32.2. The molecule has 0 atom stereocenters. The Morgan fingerprint density at radius 2 is 1.67 bits per heavy atom. The molecule has 2 aliphatic rings. The lowest BCUT2D eigenvalue weighted by Gasteiger charge is -2.29. The minimum atomic E-state index is -3.45. The summed E-state index contributed by atoms with van der Waals surface area (Å²) >= 11 is 0. The van der Waals surface area contributed by atoms with E-state index in [1.165, 1.54) is 48.5 Å². The SMILES string of the molecule is O=C(NCCCN1CCCCCC1)C1CCN(S(=O)(=O)/C=C/c2ccccc2)CC1. The van der Waals surface area contributed by atoms with E-state index in [0.29, 0.717) is 32.5 Å². The van der Waals surface area contributed by atoms with Crippen LogP contribution in [-0.2, 0) is 14.8 Å². The van der Waals surface area contributed by atoms with Gasteiger partial charge < -0.3 is 10.2 Å². The smallest absolute Gasteiger partial charge is 0.236 e. The number of hydrogen-bond acceptors (Lipinski definition) is 4. The van der Waals surface area contributed by atoms with Crippen molar-refractivity contribution in [3.05, 3.63) is 41.3 Å². The average Bonchev–Trinajstić information content (AvgIpc) is 3.05. The molecule has 0 spiro atoms. The van der Waals surface area contributed by atoms with Crippen LogP contribution in [-0.4, -0.2) is 62.8 Å². The van der Waals surface area contributed by atoms with Gasteiger partial charge in [-0.25, -0.2) is 8.42 Å². The first-order chi connectivity index (χ1) is 14.5. The third kappa shape index (κ3) is 7.22. The maximum atomic E-state index is 12.6. The van der Waals surface area contributed by atoms with Crippen LogP contribution in [0.15, 0.2) is 35.7 Å². The second-order valence-corrected chi connectivity index (χ2v) is 10.2. The van der Waals surface area contributed by atoms with Crippen LogP contribution in [0.25, 0.3) is 6.08 Å². The first-order valence-electron chi connectivity index (χ1n) is 11.3. The van der Waals surface area contributed by atoms with Gasteiger partial charge in [-0.3, -0.25) is 4.79 Å². The molecule has 1 N–H and O–H groups in total. The summed E-state index contributed by atoms with van der Waals surface area (Å²) in [6.07, 6.45) is 9.00. The normalized spacial score (nSPS) is 20.3. The van der Waals surface area contributed by atoms with Gasteiger partial charge in [0.1, 0.15) is 0 Å². The van der Waals surface area contributed by atoms with Crippen LogP contribution in [0, 0.1) is 5.92 Å². The van der Waals surface area contributed by atoms with E-state index < -0.39 is 10.0 Å². The van der Waals surface area contributed by atoms with Crippen molar-refractivity contribution in [1.82, 2.24) is 14.5 Å². The van der Waals surface area contributed by atoms with E-state index in [-0.39, 0.29) is 11.8 Å². The summed E-state index contributed by atoms with van der Waals surface area (Å²) in [7, 11) is -3.45. The highest BCUT2D eigenvalue weighted by Crippen LogP contribution is 2.21. The molecule has 0 unspecified atom stereocenters. The zero-order chi connectivity index (χ0) is 21.2. The van der Waals surface area contributed by atoms with E-state index in [0.717, 1.165) is 18.5 Å². The fourth-order valence-electron chi connectivity index (χ4n) is 4.21. The molecular weight excluding hydrogens is 398 g/mol. The Morgan fingerprint density at radius 1 is 1.00 bits per heavy atom. The van der Waals surface area contributed by atoms with Gasteiger partial charge in [0, 0.05) is 31.0 Å². The second-order valence-electron chi connectivity index (χ2n) is 8.33. The summed E-state index contributed by atoms with van der Waals surface area (Å²) in [6.45, 7) is 4.90. The molecular formula is C23H35N3O3S. The fourth-order valence-corrected chi connectivity index (χ4v) is 5.43. The Morgan fingerprint density at radius 3 is 2.33 bits per heavy atom. The van der Waals surface area contributed by atoms with Crippen molar-refractivity contribution in [1.29, 1.82) is 0 Å². The summed E-state index contributed by atoms with van der Waals surface area (Å²) < 4.78 is 26.6. The Bertz CT molecular complexity index is 779. The number of benzene rings is 1. The molecule has 166 valence electrons. The summed E-state index contributed by atoms with van der Waals surface area (Å²) in [6, 6.07) is 9.40. The fraction of sp³-hybridized carbons (Fsp3) is 0.609. The molecule has 6 nitrogen and oxygen atoms in total. The maximum absolute atomic E-state index is 12.6. The molecule has 0 aromatic heterocycles. The van der Waals surface area contributed by atoms with Gasteiger partial charge in [0.05, 0.1) is 0 Å². The predicted molar refractivity (Wildman–Crippen MR) is 121 cm³/mol. The van der Waals surface area contributed by atoms with Crippen molar-refractivity contribution in [3.8, 4) is 0 Å². The number of hydrogen-bond donors (Lipinski definition) is 1. The van der Waals surface area contributed by atoms with Crippen molar-refractivity contribution in [2.24, 2.45) is 5.92 Å². The molecule has 2 saturated heterocycles. The summed E-state index contributed by atoms with van der Waals surface area (Å²) in [5.41, 5.74) is 0.857. The largest absolute Gasteiger partial charge is 0.356 e. The Kier molecular flexibility index (Phi) is 8.90. The molecule has 0 saturated carbocycles. The molecule has 1 aromatic carbocycles. The van der Waals surface area contributed by atoms with Crippen molar-refractivity contribution < 1.29 is 13.2 Å². The first-order valence-corrected chi connectivity index (χ1v) is 12.8. The molecule has 2 fully saturated rings. The number of sulfonamides is 1. The van der Waals surface area contributed by atoms with Gasteiger partial charge in [0.2, 0.25) is 15.9 Å². The number of likely N-dealkylation sites (tertiary alicyclic amines) is 1. The van der Waals surface area contributed by atoms with E-state index in [1.807, 2.05) is 30.3 Å². The van der Waals surface area contributed by atoms with Gasteiger partial charge in [-0.15, -0.1) is 0 Å². The van der Waals surface area contributed by atoms with E-state index in [9.17, 15) is 13.2 Å². The zero-order valence-electron chi connectivity index (χ0n) is 17.8. The number of nitrogens with one attached hydrogen (secondary N) is 1. The van der Waals surface area contributed by atoms with Crippen LogP contribution < -0.4 is 5.32 Å². The van der Waals surface area contributed by atoms with Crippen LogP contribution in [0.1, 0.15) is 50.5 Å². The monoisotopic (exact) mass is 433 g/mol. The highest BCUT2D eigenvalue weighted by molar-refractivity contribution is 7.92. The molecule has 2 aliphatic heterocycles. The number of amides is 1. The summed E-state index contributed by atoms with van der Waals surface area (Å²) in [5, 5.41) is 4.33. The lowest BCUT2D eigenvalue weighted by atomic mass is 9.97. The van der Waals surface area contributed by atoms with Crippen LogP contribution in [0.5, 0.6) is 0 Å². The summed E-state index contributed by atoms with van der Waals surface area (Å²) in [5.74, 6) is -0.0181. The number of piperidine rings is 1. The molecule has 0 bridgehead atoms. The molecule has 1 aromatic rings. The Hall–Kier alpha value is -1.70. The lowest BCUT2D eigenvalue weighted by molar-refractivity contribution is -0.126. The van der Waals surface area contributed by atoms with E-state index in [2.05, 4.69) is 10.2 Å². The quantitative estimate of drug-likeness (QED) is 0.640. The Labute approximate surface area is 181 Å². The van der Waals surface area contributed by atoms with Gasteiger partial charge in [-0.1, -0.05) is 43.2 Å². The molecule has 3 rings (SSSR count). The van der Waals surface area contributed by atoms with E-state index in [1.54, 1.807) is 6.08 Å². The topological polar surface area (TPSA) is 69.7 Å². The van der Waals surface area contributed by atoms with Gasteiger partial charge in [-0.2, -0.15) is 4.31 Å². The highest BCUT2D eigenvalue weighted by Gasteiger charge is 2.29.